The van der Waals surface area contributed by atoms with E-state index in [0.29, 0.717) is 26.4 Å². The number of ether oxygens (including phenoxy) is 3. The molecule has 14 heteroatoms. The lowest BCUT2D eigenvalue weighted by Gasteiger charge is -2.26. The van der Waals surface area contributed by atoms with Crippen LogP contribution in [0.1, 0.15) is 12.5 Å². The van der Waals surface area contributed by atoms with Crippen molar-refractivity contribution in [2.24, 2.45) is 0 Å². The number of amides is 5. The van der Waals surface area contributed by atoms with Gasteiger partial charge in [0.25, 0.3) is 23.4 Å². The van der Waals surface area contributed by atoms with Gasteiger partial charge in [0.1, 0.15) is 11.3 Å². The number of hydrogen-bond donors (Lipinski definition) is 2. The molecule has 3 aromatic rings. The lowest BCUT2D eigenvalue weighted by atomic mass is 10.1. The highest BCUT2D eigenvalue weighted by Gasteiger charge is 2.37. The van der Waals surface area contributed by atoms with Crippen molar-refractivity contribution in [3.63, 3.8) is 0 Å². The van der Waals surface area contributed by atoms with Crippen molar-refractivity contribution in [3.8, 4) is 17.2 Å². The van der Waals surface area contributed by atoms with Crippen LogP contribution >= 0.6 is 15.9 Å². The zero-order valence-electron chi connectivity index (χ0n) is 22.2. The highest BCUT2D eigenvalue weighted by molar-refractivity contribution is 9.10. The number of nitrogens with one attached hydrogen (secondary N) is 2. The fourth-order valence-corrected chi connectivity index (χ4v) is 4.46. The number of carbonyl (C=O) groups is 4. The van der Waals surface area contributed by atoms with Crippen LogP contribution in [0.15, 0.2) is 70.7 Å². The Labute approximate surface area is 247 Å². The van der Waals surface area contributed by atoms with Crippen LogP contribution in [0.5, 0.6) is 17.2 Å². The smallest absolute Gasteiger partial charge is 0.335 e. The van der Waals surface area contributed by atoms with E-state index >= 15 is 0 Å². The Hall–Kier alpha value is -5.24. The molecule has 0 aliphatic carbocycles. The summed E-state index contributed by atoms with van der Waals surface area (Å²) in [5.41, 5.74) is 0.0470. The summed E-state index contributed by atoms with van der Waals surface area (Å²) in [6.07, 6.45) is 1.24. The molecule has 3 aromatic carbocycles. The standard InChI is InChI=1S/C28H23BrN4O9/c1-3-41-23-13-16(12-22(29)25(23)42-15-24(34)30-17-7-9-20(40-2)10-8-17)11-21-26(35)31-28(37)32(27(21)36)18-5-4-6-19(14-18)33(38)39/h4-14H,3,15H2,1-2H3,(H,30,34)(H,31,35,37)/b21-11-. The Balaban J connectivity index is 1.57. The Kier molecular flexibility index (Phi) is 9.17. The van der Waals surface area contributed by atoms with Gasteiger partial charge in [-0.2, -0.15) is 0 Å². The third-order valence-corrected chi connectivity index (χ3v) is 6.35. The zero-order valence-corrected chi connectivity index (χ0v) is 23.8. The first-order valence-corrected chi connectivity index (χ1v) is 13.1. The molecule has 42 heavy (non-hydrogen) atoms. The summed E-state index contributed by atoms with van der Waals surface area (Å²) in [7, 11) is 1.54. The van der Waals surface area contributed by atoms with Crippen LogP contribution in [0.4, 0.5) is 21.9 Å². The van der Waals surface area contributed by atoms with Gasteiger partial charge in [-0.3, -0.25) is 29.8 Å². The molecule has 0 radical (unpaired) electrons. The molecule has 0 atom stereocenters. The van der Waals surface area contributed by atoms with E-state index in [9.17, 15) is 29.3 Å². The summed E-state index contributed by atoms with van der Waals surface area (Å²) in [6, 6.07) is 13.6. The number of anilines is 2. The molecule has 0 unspecified atom stereocenters. The second-order valence-corrected chi connectivity index (χ2v) is 9.42. The predicted molar refractivity (Wildman–Crippen MR) is 155 cm³/mol. The van der Waals surface area contributed by atoms with Crippen LogP contribution in [0.25, 0.3) is 6.08 Å². The third kappa shape index (κ3) is 6.72. The van der Waals surface area contributed by atoms with Crippen LogP contribution in [0.2, 0.25) is 0 Å². The van der Waals surface area contributed by atoms with Crippen molar-refractivity contribution in [2.75, 3.05) is 30.5 Å². The number of carbonyl (C=O) groups excluding carboxylic acids is 4. The lowest BCUT2D eigenvalue weighted by molar-refractivity contribution is -0.384. The maximum Gasteiger partial charge on any atom is 0.335 e. The van der Waals surface area contributed by atoms with E-state index in [1.165, 1.54) is 43.5 Å². The number of nitro benzene ring substituents is 1. The average molecular weight is 639 g/mol. The van der Waals surface area contributed by atoms with Crippen molar-refractivity contribution in [2.45, 2.75) is 6.92 Å². The van der Waals surface area contributed by atoms with Gasteiger partial charge < -0.3 is 19.5 Å². The van der Waals surface area contributed by atoms with Crippen molar-refractivity contribution >= 4 is 62.8 Å². The number of halogens is 1. The number of nitro groups is 1. The molecule has 13 nitrogen and oxygen atoms in total. The van der Waals surface area contributed by atoms with E-state index in [4.69, 9.17) is 14.2 Å². The highest BCUT2D eigenvalue weighted by Crippen LogP contribution is 2.38. The highest BCUT2D eigenvalue weighted by atomic mass is 79.9. The largest absolute Gasteiger partial charge is 0.497 e. The molecule has 2 N–H and O–H groups in total. The SMILES string of the molecule is CCOc1cc(/C=C2/C(=O)NC(=O)N(c3cccc([N+](=O)[O-])c3)C2=O)cc(Br)c1OCC(=O)Nc1ccc(OC)cc1. The van der Waals surface area contributed by atoms with Gasteiger partial charge in [0.2, 0.25) is 0 Å². The monoisotopic (exact) mass is 638 g/mol. The number of non-ortho nitro benzene ring substituents is 1. The van der Waals surface area contributed by atoms with Crippen LogP contribution in [-0.4, -0.2) is 49.0 Å². The van der Waals surface area contributed by atoms with E-state index in [1.807, 2.05) is 0 Å². The number of barbiturate groups is 1. The number of urea groups is 1. The molecule has 1 saturated heterocycles. The van der Waals surface area contributed by atoms with Gasteiger partial charge in [-0.15, -0.1) is 0 Å². The summed E-state index contributed by atoms with van der Waals surface area (Å²) in [5, 5.41) is 15.9. The number of rotatable bonds is 10. The molecular weight excluding hydrogens is 616 g/mol. The second kappa shape index (κ2) is 13.0. The number of hydrogen-bond acceptors (Lipinski definition) is 9. The molecule has 216 valence electrons. The van der Waals surface area contributed by atoms with E-state index in [0.717, 1.165) is 6.07 Å². The van der Waals surface area contributed by atoms with Crippen molar-refractivity contribution in [1.82, 2.24) is 5.32 Å². The minimum absolute atomic E-state index is 0.0852. The minimum atomic E-state index is -1.05. The van der Waals surface area contributed by atoms with E-state index in [-0.39, 0.29) is 36.1 Å². The predicted octanol–water partition coefficient (Wildman–Crippen LogP) is 4.45. The molecule has 4 rings (SSSR count). The maximum absolute atomic E-state index is 13.2. The maximum atomic E-state index is 13.2. The number of nitrogens with zero attached hydrogens (tertiary/aromatic N) is 2. The van der Waals surface area contributed by atoms with Gasteiger partial charge >= 0.3 is 6.03 Å². The number of benzene rings is 3. The van der Waals surface area contributed by atoms with Crippen molar-refractivity contribution in [1.29, 1.82) is 0 Å². The summed E-state index contributed by atoms with van der Waals surface area (Å²) >= 11 is 3.38. The van der Waals surface area contributed by atoms with Gasteiger partial charge in [0, 0.05) is 17.8 Å². The van der Waals surface area contributed by atoms with Crippen LogP contribution in [0.3, 0.4) is 0 Å². The van der Waals surface area contributed by atoms with Gasteiger partial charge in [-0.1, -0.05) is 6.07 Å². The van der Waals surface area contributed by atoms with Gasteiger partial charge in [0.15, 0.2) is 18.1 Å². The van der Waals surface area contributed by atoms with Gasteiger partial charge in [-0.05, 0) is 77.0 Å². The normalized spacial score (nSPS) is 13.9. The first-order chi connectivity index (χ1) is 20.1. The quantitative estimate of drug-likeness (QED) is 0.141. The Bertz CT molecular complexity index is 1610. The first-order valence-electron chi connectivity index (χ1n) is 12.3. The first kappa shape index (κ1) is 29.7. The lowest BCUT2D eigenvalue weighted by Crippen LogP contribution is -2.54. The summed E-state index contributed by atoms with van der Waals surface area (Å²) < 4.78 is 16.9. The molecule has 1 aliphatic rings. The van der Waals surface area contributed by atoms with Crippen molar-refractivity contribution in [3.05, 3.63) is 86.4 Å². The fourth-order valence-electron chi connectivity index (χ4n) is 3.89. The van der Waals surface area contributed by atoms with Crippen LogP contribution in [-0.2, 0) is 14.4 Å². The van der Waals surface area contributed by atoms with E-state index in [1.54, 1.807) is 31.2 Å². The number of methoxy groups -OCH3 is 1. The third-order valence-electron chi connectivity index (χ3n) is 5.76. The summed E-state index contributed by atoms with van der Waals surface area (Å²) in [4.78, 5) is 62.0. The second-order valence-electron chi connectivity index (χ2n) is 8.56. The molecule has 0 spiro atoms. The Morgan fingerprint density at radius 1 is 1.10 bits per heavy atom. The molecule has 0 saturated carbocycles. The van der Waals surface area contributed by atoms with Crippen LogP contribution < -0.4 is 29.7 Å². The molecule has 0 aromatic heterocycles. The van der Waals surface area contributed by atoms with Crippen molar-refractivity contribution < 1.29 is 38.3 Å². The summed E-state index contributed by atoms with van der Waals surface area (Å²) in [5.74, 6) is -1.30. The van der Waals surface area contributed by atoms with E-state index in [2.05, 4.69) is 26.6 Å². The Morgan fingerprint density at radius 3 is 2.50 bits per heavy atom. The van der Waals surface area contributed by atoms with E-state index < -0.39 is 34.2 Å². The minimum Gasteiger partial charge on any atom is -0.497 e. The molecular formula is C28H23BrN4O9. The average Bonchev–Trinajstić information content (AvgIpc) is 2.95. The van der Waals surface area contributed by atoms with Gasteiger partial charge in [0.05, 0.1) is 28.8 Å². The zero-order chi connectivity index (χ0) is 30.4. The molecule has 5 amide bonds. The molecule has 1 heterocycles. The number of imide groups is 2. The topological polar surface area (TPSA) is 166 Å². The molecule has 1 fully saturated rings. The van der Waals surface area contributed by atoms with Crippen LogP contribution in [0, 0.1) is 10.1 Å². The Morgan fingerprint density at radius 2 is 1.83 bits per heavy atom. The summed E-state index contributed by atoms with van der Waals surface area (Å²) in [6.45, 7) is 1.61. The fraction of sp³-hybridized carbons (Fsp3) is 0.143. The molecule has 0 bridgehead atoms. The molecule has 1 aliphatic heterocycles. The van der Waals surface area contributed by atoms with Gasteiger partial charge in [-0.25, -0.2) is 9.69 Å².